The molecule has 26 heavy (non-hydrogen) atoms. The summed E-state index contributed by atoms with van der Waals surface area (Å²) in [6, 6.07) is 12.3. The van der Waals surface area contributed by atoms with E-state index in [1.165, 1.54) is 18.2 Å². The maximum atomic E-state index is 14.1. The van der Waals surface area contributed by atoms with E-state index in [0.717, 1.165) is 5.56 Å². The van der Waals surface area contributed by atoms with Gasteiger partial charge in [0.2, 0.25) is 0 Å². The maximum Gasteiger partial charge on any atom is 0.317 e. The number of rotatable bonds is 6. The van der Waals surface area contributed by atoms with Crippen LogP contribution in [0.3, 0.4) is 0 Å². The van der Waals surface area contributed by atoms with Crippen molar-refractivity contribution in [3.05, 3.63) is 71.3 Å². The van der Waals surface area contributed by atoms with E-state index in [1.807, 2.05) is 27.7 Å². The molecular weight excluding hydrogens is 334 g/mol. The Bertz CT molecular complexity index is 744. The lowest BCUT2D eigenvalue weighted by Crippen LogP contribution is -2.45. The minimum absolute atomic E-state index is 0.197. The quantitative estimate of drug-likeness (QED) is 0.769. The first-order valence-corrected chi connectivity index (χ1v) is 8.81. The number of carbonyl (C=O) groups is 1. The van der Waals surface area contributed by atoms with Crippen molar-refractivity contribution in [1.29, 1.82) is 0 Å². The van der Waals surface area contributed by atoms with Gasteiger partial charge in [0.25, 0.3) is 0 Å². The van der Waals surface area contributed by atoms with Gasteiger partial charge in [0.15, 0.2) is 0 Å². The van der Waals surface area contributed by atoms with E-state index in [-0.39, 0.29) is 23.7 Å². The van der Waals surface area contributed by atoms with Crippen LogP contribution in [-0.2, 0) is 5.41 Å². The van der Waals surface area contributed by atoms with Gasteiger partial charge in [0, 0.05) is 18.5 Å². The van der Waals surface area contributed by atoms with Gasteiger partial charge in [0.05, 0.1) is 6.04 Å². The molecule has 2 rings (SSSR count). The van der Waals surface area contributed by atoms with E-state index < -0.39 is 5.41 Å². The number of nitrogens with one attached hydrogen (secondary N) is 1. The van der Waals surface area contributed by atoms with Gasteiger partial charge in [-0.25, -0.2) is 13.6 Å². The summed E-state index contributed by atoms with van der Waals surface area (Å²) < 4.78 is 27.2. The van der Waals surface area contributed by atoms with E-state index in [4.69, 9.17) is 0 Å². The lowest BCUT2D eigenvalue weighted by molar-refractivity contribution is 0.180. The van der Waals surface area contributed by atoms with Crippen LogP contribution in [0.2, 0.25) is 0 Å². The molecule has 0 aromatic heterocycles. The Kier molecular flexibility index (Phi) is 6.35. The van der Waals surface area contributed by atoms with Crippen LogP contribution in [0.5, 0.6) is 0 Å². The Morgan fingerprint density at radius 2 is 1.73 bits per heavy atom. The number of urea groups is 1. The Labute approximate surface area is 154 Å². The van der Waals surface area contributed by atoms with Crippen molar-refractivity contribution in [2.45, 2.75) is 39.2 Å². The minimum atomic E-state index is -0.542. The number of amides is 2. The van der Waals surface area contributed by atoms with Crippen molar-refractivity contribution >= 4 is 6.03 Å². The average Bonchev–Trinajstić information content (AvgIpc) is 2.61. The van der Waals surface area contributed by atoms with Crippen LogP contribution in [-0.4, -0.2) is 24.0 Å². The van der Waals surface area contributed by atoms with E-state index in [0.29, 0.717) is 18.7 Å². The molecule has 0 radical (unpaired) electrons. The summed E-state index contributed by atoms with van der Waals surface area (Å²) >= 11 is 0. The summed E-state index contributed by atoms with van der Waals surface area (Å²) in [7, 11) is 0. The Balaban J connectivity index is 2.07. The molecule has 3 nitrogen and oxygen atoms in total. The third-order valence-corrected chi connectivity index (χ3v) is 4.71. The average molecular weight is 360 g/mol. The normalized spacial score (nSPS) is 12.5. The molecule has 0 bridgehead atoms. The smallest absolute Gasteiger partial charge is 0.317 e. The van der Waals surface area contributed by atoms with Gasteiger partial charge in [-0.05, 0) is 43.2 Å². The fourth-order valence-corrected chi connectivity index (χ4v) is 3.02. The molecule has 0 fully saturated rings. The highest BCUT2D eigenvalue weighted by Crippen LogP contribution is 2.25. The monoisotopic (exact) mass is 360 g/mol. The first-order chi connectivity index (χ1) is 12.3. The molecule has 5 heteroatoms. The Morgan fingerprint density at radius 1 is 1.12 bits per heavy atom. The van der Waals surface area contributed by atoms with Crippen LogP contribution in [0.4, 0.5) is 13.6 Å². The third-order valence-electron chi connectivity index (χ3n) is 4.71. The number of nitrogens with zero attached hydrogens (tertiary/aromatic N) is 1. The largest absolute Gasteiger partial charge is 0.337 e. The van der Waals surface area contributed by atoms with Gasteiger partial charge in [-0.1, -0.05) is 44.2 Å². The molecule has 1 atom stereocenters. The van der Waals surface area contributed by atoms with Crippen molar-refractivity contribution < 1.29 is 13.6 Å². The molecule has 1 unspecified atom stereocenters. The zero-order chi connectivity index (χ0) is 19.3. The molecule has 0 spiro atoms. The van der Waals surface area contributed by atoms with Crippen LogP contribution in [0.15, 0.2) is 48.5 Å². The van der Waals surface area contributed by atoms with Gasteiger partial charge in [-0.3, -0.25) is 0 Å². The third kappa shape index (κ3) is 4.59. The summed E-state index contributed by atoms with van der Waals surface area (Å²) in [6.07, 6.45) is 0. The second-order valence-electron chi connectivity index (χ2n) is 7.04. The predicted molar refractivity (Wildman–Crippen MR) is 100 cm³/mol. The summed E-state index contributed by atoms with van der Waals surface area (Å²) in [4.78, 5) is 14.3. The Hall–Kier alpha value is -2.43. The van der Waals surface area contributed by atoms with Crippen molar-refractivity contribution in [2.24, 2.45) is 0 Å². The zero-order valence-corrected chi connectivity index (χ0v) is 15.7. The zero-order valence-electron chi connectivity index (χ0n) is 15.7. The van der Waals surface area contributed by atoms with Crippen LogP contribution in [0.25, 0.3) is 0 Å². The molecule has 2 aromatic rings. The van der Waals surface area contributed by atoms with Gasteiger partial charge in [-0.15, -0.1) is 0 Å². The Morgan fingerprint density at radius 3 is 2.31 bits per heavy atom. The van der Waals surface area contributed by atoms with Crippen molar-refractivity contribution in [2.75, 3.05) is 13.1 Å². The van der Waals surface area contributed by atoms with Gasteiger partial charge >= 0.3 is 6.03 Å². The van der Waals surface area contributed by atoms with Crippen LogP contribution < -0.4 is 5.32 Å². The van der Waals surface area contributed by atoms with Crippen molar-refractivity contribution in [3.63, 3.8) is 0 Å². The SMILES string of the molecule is CCN(C(=O)NCC(C)(C)c1ccccc1F)C(C)c1ccc(F)cc1. The van der Waals surface area contributed by atoms with Crippen LogP contribution in [0, 0.1) is 11.6 Å². The van der Waals surface area contributed by atoms with E-state index in [9.17, 15) is 13.6 Å². The molecule has 2 amide bonds. The van der Waals surface area contributed by atoms with Crippen molar-refractivity contribution in [1.82, 2.24) is 10.2 Å². The molecule has 0 saturated carbocycles. The highest BCUT2D eigenvalue weighted by molar-refractivity contribution is 5.74. The standard InChI is InChI=1S/C21H26F2N2O/c1-5-25(15(2)16-10-12-17(22)13-11-16)20(26)24-14-21(3,4)18-8-6-7-9-19(18)23/h6-13,15H,5,14H2,1-4H3,(H,24,26). The van der Waals surface area contributed by atoms with Gasteiger partial charge in [-0.2, -0.15) is 0 Å². The lowest BCUT2D eigenvalue weighted by atomic mass is 9.84. The molecular formula is C21H26F2N2O. The van der Waals surface area contributed by atoms with Crippen LogP contribution in [0.1, 0.15) is 44.9 Å². The van der Waals surface area contributed by atoms with E-state index in [1.54, 1.807) is 35.2 Å². The molecule has 1 N–H and O–H groups in total. The number of carbonyl (C=O) groups excluding carboxylic acids is 1. The first-order valence-electron chi connectivity index (χ1n) is 8.81. The number of hydrogen-bond acceptors (Lipinski definition) is 1. The van der Waals surface area contributed by atoms with Gasteiger partial charge < -0.3 is 10.2 Å². The second kappa shape index (κ2) is 8.30. The van der Waals surface area contributed by atoms with Gasteiger partial charge in [0.1, 0.15) is 11.6 Å². The van der Waals surface area contributed by atoms with Crippen molar-refractivity contribution in [3.8, 4) is 0 Å². The summed E-state index contributed by atoms with van der Waals surface area (Å²) in [5.74, 6) is -0.584. The summed E-state index contributed by atoms with van der Waals surface area (Å²) in [6.45, 7) is 8.39. The van der Waals surface area contributed by atoms with E-state index in [2.05, 4.69) is 5.32 Å². The summed E-state index contributed by atoms with van der Waals surface area (Å²) in [5.41, 5.74) is 0.881. The fraction of sp³-hybridized carbons (Fsp3) is 0.381. The van der Waals surface area contributed by atoms with Crippen LogP contribution >= 0.6 is 0 Å². The summed E-state index contributed by atoms with van der Waals surface area (Å²) in [5, 5.41) is 2.91. The molecule has 0 aliphatic rings. The highest BCUT2D eigenvalue weighted by Gasteiger charge is 2.26. The first kappa shape index (κ1) is 19.9. The number of halogens is 2. The lowest BCUT2D eigenvalue weighted by Gasteiger charge is -2.31. The molecule has 140 valence electrons. The molecule has 0 saturated heterocycles. The molecule has 0 aliphatic heterocycles. The molecule has 2 aromatic carbocycles. The topological polar surface area (TPSA) is 32.3 Å². The second-order valence-corrected chi connectivity index (χ2v) is 7.04. The number of hydrogen-bond donors (Lipinski definition) is 1. The minimum Gasteiger partial charge on any atom is -0.337 e. The predicted octanol–water partition coefficient (Wildman–Crippen LogP) is 5.04. The fourth-order valence-electron chi connectivity index (χ4n) is 3.02. The molecule has 0 aliphatic carbocycles. The number of benzene rings is 2. The maximum absolute atomic E-state index is 14.1. The highest BCUT2D eigenvalue weighted by atomic mass is 19.1. The molecule has 0 heterocycles. The van der Waals surface area contributed by atoms with E-state index >= 15 is 0 Å².